The minimum atomic E-state index is -0.433. The Kier molecular flexibility index (Phi) is 5.91. The van der Waals surface area contributed by atoms with Crippen molar-refractivity contribution in [2.24, 2.45) is 0 Å². The number of hydrogen-bond acceptors (Lipinski definition) is 5. The molecule has 0 spiro atoms. The summed E-state index contributed by atoms with van der Waals surface area (Å²) in [5.74, 6) is -0.714. The molecule has 3 aromatic rings. The van der Waals surface area contributed by atoms with Crippen molar-refractivity contribution < 1.29 is 9.59 Å². The fourth-order valence-electron chi connectivity index (χ4n) is 2.43. The van der Waals surface area contributed by atoms with Crippen LogP contribution in [-0.4, -0.2) is 26.6 Å². The van der Waals surface area contributed by atoms with Crippen LogP contribution in [0.3, 0.4) is 0 Å². The normalized spacial score (nSPS) is 10.3. The predicted octanol–water partition coefficient (Wildman–Crippen LogP) is 2.23. The fourth-order valence-corrected chi connectivity index (χ4v) is 2.43. The Labute approximate surface area is 161 Å². The van der Waals surface area contributed by atoms with E-state index < -0.39 is 5.91 Å². The monoisotopic (exact) mass is 377 g/mol. The Bertz CT molecular complexity index is 1030. The zero-order valence-corrected chi connectivity index (χ0v) is 15.3. The first-order chi connectivity index (χ1) is 13.5. The van der Waals surface area contributed by atoms with E-state index in [1.54, 1.807) is 30.5 Å². The van der Waals surface area contributed by atoms with Gasteiger partial charge in [0, 0.05) is 24.4 Å². The van der Waals surface area contributed by atoms with E-state index in [2.05, 4.69) is 20.7 Å². The highest BCUT2D eigenvalue weighted by atomic mass is 16.2. The standard InChI is InChI=1S/C20H19N5O3/c1-14-4-6-15(7-5-14)23-20(28)17-8-9-19(27)25(24-17)12-10-18(26)22-16-3-2-11-21-13-16/h2-9,11,13H,10,12H2,1H3,(H,22,26)(H,23,28). The summed E-state index contributed by atoms with van der Waals surface area (Å²) in [4.78, 5) is 40.3. The molecule has 0 bridgehead atoms. The second kappa shape index (κ2) is 8.72. The Hall–Kier alpha value is -3.81. The number of benzene rings is 1. The van der Waals surface area contributed by atoms with Crippen LogP contribution >= 0.6 is 0 Å². The maximum atomic E-state index is 12.4. The van der Waals surface area contributed by atoms with Crippen LogP contribution in [0.4, 0.5) is 11.4 Å². The van der Waals surface area contributed by atoms with Gasteiger partial charge in [0.05, 0.1) is 18.4 Å². The molecule has 0 atom stereocenters. The Morgan fingerprint density at radius 3 is 2.50 bits per heavy atom. The first-order valence-corrected chi connectivity index (χ1v) is 8.67. The molecule has 2 amide bonds. The van der Waals surface area contributed by atoms with Gasteiger partial charge in [0.25, 0.3) is 11.5 Å². The van der Waals surface area contributed by atoms with E-state index >= 15 is 0 Å². The highest BCUT2D eigenvalue weighted by Gasteiger charge is 2.11. The molecule has 28 heavy (non-hydrogen) atoms. The second-order valence-corrected chi connectivity index (χ2v) is 6.14. The molecule has 0 saturated carbocycles. The van der Waals surface area contributed by atoms with E-state index in [4.69, 9.17) is 0 Å². The van der Waals surface area contributed by atoms with Crippen LogP contribution in [0.2, 0.25) is 0 Å². The van der Waals surface area contributed by atoms with Gasteiger partial charge in [-0.15, -0.1) is 0 Å². The van der Waals surface area contributed by atoms with Gasteiger partial charge in [-0.05, 0) is 37.3 Å². The van der Waals surface area contributed by atoms with Gasteiger partial charge in [0.15, 0.2) is 0 Å². The molecule has 0 aliphatic rings. The number of amides is 2. The van der Waals surface area contributed by atoms with Gasteiger partial charge in [-0.1, -0.05) is 17.7 Å². The first kappa shape index (κ1) is 19.0. The van der Waals surface area contributed by atoms with Gasteiger partial charge in [-0.25, -0.2) is 4.68 Å². The number of rotatable bonds is 6. The van der Waals surface area contributed by atoms with E-state index in [9.17, 15) is 14.4 Å². The number of carbonyl (C=O) groups is 2. The van der Waals surface area contributed by atoms with Crippen LogP contribution in [-0.2, 0) is 11.3 Å². The van der Waals surface area contributed by atoms with Crippen molar-refractivity contribution in [2.75, 3.05) is 10.6 Å². The molecular formula is C20H19N5O3. The van der Waals surface area contributed by atoms with Gasteiger partial charge in [0.1, 0.15) is 5.69 Å². The summed E-state index contributed by atoms with van der Waals surface area (Å²) in [6, 6.07) is 13.4. The van der Waals surface area contributed by atoms with Crippen molar-refractivity contribution in [1.82, 2.24) is 14.8 Å². The number of nitrogens with one attached hydrogen (secondary N) is 2. The molecule has 0 unspecified atom stereocenters. The Balaban J connectivity index is 1.64. The smallest absolute Gasteiger partial charge is 0.276 e. The predicted molar refractivity (Wildman–Crippen MR) is 105 cm³/mol. The number of aromatic nitrogens is 3. The van der Waals surface area contributed by atoms with Crippen LogP contribution in [0.5, 0.6) is 0 Å². The molecule has 0 aliphatic carbocycles. The summed E-state index contributed by atoms with van der Waals surface area (Å²) < 4.78 is 1.10. The van der Waals surface area contributed by atoms with Crippen molar-refractivity contribution >= 4 is 23.2 Å². The molecule has 8 heteroatoms. The zero-order valence-electron chi connectivity index (χ0n) is 15.3. The number of carbonyl (C=O) groups excluding carboxylic acids is 2. The molecule has 142 valence electrons. The molecule has 0 fully saturated rings. The van der Waals surface area contributed by atoms with Crippen molar-refractivity contribution in [3.05, 3.63) is 82.5 Å². The molecule has 2 aromatic heterocycles. The lowest BCUT2D eigenvalue weighted by Gasteiger charge is -2.08. The van der Waals surface area contributed by atoms with Crippen LogP contribution in [0.25, 0.3) is 0 Å². The van der Waals surface area contributed by atoms with Crippen molar-refractivity contribution in [3.63, 3.8) is 0 Å². The molecule has 1 aromatic carbocycles. The highest BCUT2D eigenvalue weighted by molar-refractivity contribution is 6.02. The quantitative estimate of drug-likeness (QED) is 0.685. The number of pyridine rings is 1. The van der Waals surface area contributed by atoms with Crippen molar-refractivity contribution in [1.29, 1.82) is 0 Å². The maximum absolute atomic E-state index is 12.4. The Morgan fingerprint density at radius 2 is 1.79 bits per heavy atom. The Morgan fingerprint density at radius 1 is 1.00 bits per heavy atom. The summed E-state index contributed by atoms with van der Waals surface area (Å²) in [6.45, 7) is 2.00. The molecule has 2 heterocycles. The number of anilines is 2. The van der Waals surface area contributed by atoms with Gasteiger partial charge >= 0.3 is 0 Å². The van der Waals surface area contributed by atoms with Crippen LogP contribution in [0.1, 0.15) is 22.5 Å². The van der Waals surface area contributed by atoms with Crippen LogP contribution in [0, 0.1) is 6.92 Å². The SMILES string of the molecule is Cc1ccc(NC(=O)c2ccc(=O)n(CCC(=O)Nc3cccnc3)n2)cc1. The van der Waals surface area contributed by atoms with Crippen molar-refractivity contribution in [3.8, 4) is 0 Å². The summed E-state index contributed by atoms with van der Waals surface area (Å²) >= 11 is 0. The maximum Gasteiger partial charge on any atom is 0.276 e. The van der Waals surface area contributed by atoms with Crippen LogP contribution in [0.15, 0.2) is 65.7 Å². The second-order valence-electron chi connectivity index (χ2n) is 6.14. The summed E-state index contributed by atoms with van der Waals surface area (Å²) in [7, 11) is 0. The molecule has 8 nitrogen and oxygen atoms in total. The molecule has 0 radical (unpaired) electrons. The lowest BCUT2D eigenvalue weighted by atomic mass is 10.2. The van der Waals surface area contributed by atoms with E-state index in [1.165, 1.54) is 18.3 Å². The average molecular weight is 377 g/mol. The third-order valence-corrected chi connectivity index (χ3v) is 3.90. The lowest BCUT2D eigenvalue weighted by Crippen LogP contribution is -2.28. The average Bonchev–Trinajstić information content (AvgIpc) is 2.70. The topological polar surface area (TPSA) is 106 Å². The largest absolute Gasteiger partial charge is 0.325 e. The van der Waals surface area contributed by atoms with Gasteiger partial charge < -0.3 is 10.6 Å². The summed E-state index contributed by atoms with van der Waals surface area (Å²) in [6.07, 6.45) is 3.16. The van der Waals surface area contributed by atoms with E-state index in [0.29, 0.717) is 11.4 Å². The zero-order chi connectivity index (χ0) is 19.9. The number of nitrogens with zero attached hydrogens (tertiary/aromatic N) is 3. The van der Waals surface area contributed by atoms with E-state index in [1.807, 2.05) is 19.1 Å². The molecule has 2 N–H and O–H groups in total. The molecule has 3 rings (SSSR count). The molecule has 0 aliphatic heterocycles. The fraction of sp³-hybridized carbons (Fsp3) is 0.150. The van der Waals surface area contributed by atoms with Gasteiger partial charge in [0.2, 0.25) is 5.91 Å². The third-order valence-electron chi connectivity index (χ3n) is 3.90. The van der Waals surface area contributed by atoms with Gasteiger partial charge in [-0.3, -0.25) is 19.4 Å². The number of hydrogen-bond donors (Lipinski definition) is 2. The van der Waals surface area contributed by atoms with E-state index in [-0.39, 0.29) is 30.1 Å². The number of aryl methyl sites for hydroxylation is 2. The summed E-state index contributed by atoms with van der Waals surface area (Å²) in [5.41, 5.74) is 1.98. The first-order valence-electron chi connectivity index (χ1n) is 8.67. The highest BCUT2D eigenvalue weighted by Crippen LogP contribution is 2.10. The summed E-state index contributed by atoms with van der Waals surface area (Å²) in [5, 5.41) is 9.47. The van der Waals surface area contributed by atoms with Crippen LogP contribution < -0.4 is 16.2 Å². The minimum absolute atomic E-state index is 0.0326. The molecule has 0 saturated heterocycles. The third kappa shape index (κ3) is 5.10. The van der Waals surface area contributed by atoms with Crippen molar-refractivity contribution in [2.45, 2.75) is 19.9 Å². The van der Waals surface area contributed by atoms with E-state index in [0.717, 1.165) is 10.2 Å². The molecular weight excluding hydrogens is 358 g/mol. The van der Waals surface area contributed by atoms with Gasteiger partial charge in [-0.2, -0.15) is 5.10 Å². The minimum Gasteiger partial charge on any atom is -0.325 e. The lowest BCUT2D eigenvalue weighted by molar-refractivity contribution is -0.116.